The molecule has 2 heteroatoms. The molecule has 0 aliphatic carbocycles. The Labute approximate surface area is 125 Å². The van der Waals surface area contributed by atoms with E-state index < -0.39 is 0 Å². The highest BCUT2D eigenvalue weighted by molar-refractivity contribution is 5.83. The van der Waals surface area contributed by atoms with Crippen molar-refractivity contribution in [3.05, 3.63) is 77.0 Å². The van der Waals surface area contributed by atoms with E-state index in [0.29, 0.717) is 0 Å². The van der Waals surface area contributed by atoms with Gasteiger partial charge in [0.1, 0.15) is 0 Å². The number of aryl methyl sites for hydroxylation is 2. The summed E-state index contributed by atoms with van der Waals surface area (Å²) in [4.78, 5) is 4.47. The predicted molar refractivity (Wildman–Crippen MR) is 88.6 cm³/mol. The number of benzene rings is 2. The lowest BCUT2D eigenvalue weighted by molar-refractivity contribution is 0.688. The molecule has 3 aromatic rings. The van der Waals surface area contributed by atoms with E-state index in [1.165, 1.54) is 27.6 Å². The summed E-state index contributed by atoms with van der Waals surface area (Å²) in [5, 5.41) is 4.69. The Hall–Kier alpha value is -2.19. The number of rotatable bonds is 3. The van der Waals surface area contributed by atoms with Gasteiger partial charge in [-0.15, -0.1) is 0 Å². The zero-order chi connectivity index (χ0) is 14.8. The zero-order valence-electron chi connectivity index (χ0n) is 12.7. The summed E-state index contributed by atoms with van der Waals surface area (Å²) in [6, 6.07) is 17.1. The van der Waals surface area contributed by atoms with Crippen LogP contribution in [0.2, 0.25) is 0 Å². The zero-order valence-corrected chi connectivity index (χ0v) is 12.7. The van der Waals surface area contributed by atoms with Crippen molar-refractivity contribution in [2.24, 2.45) is 0 Å². The quantitative estimate of drug-likeness (QED) is 0.777. The fourth-order valence-corrected chi connectivity index (χ4v) is 3.12. The Bertz CT molecular complexity index is 752. The standard InChI is InChI=1S/C19H20N2/c1-13-7-4-8-14(2)18(13)19(20-3)16-9-5-11-17-15(16)10-6-12-21-17/h4-12,19-20H,1-3H3. The second-order valence-electron chi connectivity index (χ2n) is 5.44. The van der Waals surface area contributed by atoms with Crippen molar-refractivity contribution in [2.75, 3.05) is 7.05 Å². The Kier molecular flexibility index (Phi) is 3.72. The van der Waals surface area contributed by atoms with Gasteiger partial charge in [-0.05, 0) is 55.3 Å². The van der Waals surface area contributed by atoms with Gasteiger partial charge in [-0.25, -0.2) is 0 Å². The summed E-state index contributed by atoms with van der Waals surface area (Å²) < 4.78 is 0. The second kappa shape index (κ2) is 5.66. The molecule has 0 saturated heterocycles. The van der Waals surface area contributed by atoms with Crippen LogP contribution in [0.5, 0.6) is 0 Å². The molecule has 106 valence electrons. The molecule has 1 aromatic heterocycles. The van der Waals surface area contributed by atoms with Crippen LogP contribution in [-0.4, -0.2) is 12.0 Å². The molecule has 0 bridgehead atoms. The van der Waals surface area contributed by atoms with Gasteiger partial charge in [-0.1, -0.05) is 36.4 Å². The average Bonchev–Trinajstić information content (AvgIpc) is 2.51. The molecule has 21 heavy (non-hydrogen) atoms. The maximum atomic E-state index is 4.47. The minimum absolute atomic E-state index is 0.180. The topological polar surface area (TPSA) is 24.9 Å². The fourth-order valence-electron chi connectivity index (χ4n) is 3.12. The molecule has 2 aromatic carbocycles. The first-order chi connectivity index (χ1) is 10.2. The van der Waals surface area contributed by atoms with E-state index in [2.05, 4.69) is 66.6 Å². The first-order valence-electron chi connectivity index (χ1n) is 7.29. The maximum Gasteiger partial charge on any atom is 0.0705 e. The van der Waals surface area contributed by atoms with Crippen molar-refractivity contribution in [3.8, 4) is 0 Å². The molecule has 1 unspecified atom stereocenters. The van der Waals surface area contributed by atoms with Crippen LogP contribution in [0, 0.1) is 13.8 Å². The van der Waals surface area contributed by atoms with Crippen LogP contribution in [0.3, 0.4) is 0 Å². The number of hydrogen-bond donors (Lipinski definition) is 1. The molecular weight excluding hydrogens is 256 g/mol. The van der Waals surface area contributed by atoms with E-state index in [-0.39, 0.29) is 6.04 Å². The van der Waals surface area contributed by atoms with Gasteiger partial charge in [0.2, 0.25) is 0 Å². The largest absolute Gasteiger partial charge is 0.309 e. The summed E-state index contributed by atoms with van der Waals surface area (Å²) >= 11 is 0. The third kappa shape index (κ3) is 2.43. The van der Waals surface area contributed by atoms with Crippen molar-refractivity contribution in [1.29, 1.82) is 0 Å². The van der Waals surface area contributed by atoms with E-state index in [1.807, 2.05) is 19.3 Å². The summed E-state index contributed by atoms with van der Waals surface area (Å²) in [5.41, 5.74) is 6.31. The number of fused-ring (bicyclic) bond motifs is 1. The number of aromatic nitrogens is 1. The van der Waals surface area contributed by atoms with Crippen molar-refractivity contribution in [1.82, 2.24) is 10.3 Å². The van der Waals surface area contributed by atoms with E-state index in [9.17, 15) is 0 Å². The molecule has 2 nitrogen and oxygen atoms in total. The fraction of sp³-hybridized carbons (Fsp3) is 0.211. The summed E-state index contributed by atoms with van der Waals surface area (Å²) in [6.45, 7) is 4.35. The number of nitrogens with zero attached hydrogens (tertiary/aromatic N) is 1. The minimum atomic E-state index is 0.180. The summed E-state index contributed by atoms with van der Waals surface area (Å²) in [6.07, 6.45) is 1.85. The summed E-state index contributed by atoms with van der Waals surface area (Å²) in [7, 11) is 2.02. The van der Waals surface area contributed by atoms with E-state index in [0.717, 1.165) is 5.52 Å². The van der Waals surface area contributed by atoms with Gasteiger partial charge in [0.25, 0.3) is 0 Å². The van der Waals surface area contributed by atoms with Gasteiger partial charge < -0.3 is 5.32 Å². The monoisotopic (exact) mass is 276 g/mol. The van der Waals surface area contributed by atoms with Crippen LogP contribution >= 0.6 is 0 Å². The molecule has 0 amide bonds. The van der Waals surface area contributed by atoms with Gasteiger partial charge >= 0.3 is 0 Å². The molecule has 1 atom stereocenters. The first-order valence-corrected chi connectivity index (χ1v) is 7.29. The van der Waals surface area contributed by atoms with Crippen LogP contribution in [0.25, 0.3) is 10.9 Å². The third-order valence-electron chi connectivity index (χ3n) is 4.11. The lowest BCUT2D eigenvalue weighted by atomic mass is 9.89. The van der Waals surface area contributed by atoms with Crippen molar-refractivity contribution in [2.45, 2.75) is 19.9 Å². The lowest BCUT2D eigenvalue weighted by Gasteiger charge is -2.23. The molecule has 0 aliphatic heterocycles. The minimum Gasteiger partial charge on any atom is -0.309 e. The molecule has 3 rings (SSSR count). The predicted octanol–water partition coefficient (Wildman–Crippen LogP) is 4.16. The molecule has 0 fully saturated rings. The Balaban J connectivity index is 2.24. The highest BCUT2D eigenvalue weighted by Crippen LogP contribution is 2.31. The Morgan fingerprint density at radius 1 is 0.905 bits per heavy atom. The molecule has 0 saturated carbocycles. The SMILES string of the molecule is CNC(c1c(C)cccc1C)c1cccc2ncccc12. The molecule has 0 aliphatic rings. The van der Waals surface area contributed by atoms with Gasteiger partial charge in [-0.2, -0.15) is 0 Å². The smallest absolute Gasteiger partial charge is 0.0705 e. The van der Waals surface area contributed by atoms with Crippen LogP contribution in [0.15, 0.2) is 54.7 Å². The molecule has 0 radical (unpaired) electrons. The van der Waals surface area contributed by atoms with Crippen LogP contribution < -0.4 is 5.32 Å². The van der Waals surface area contributed by atoms with Crippen LogP contribution in [-0.2, 0) is 0 Å². The Morgan fingerprint density at radius 2 is 1.62 bits per heavy atom. The number of nitrogens with one attached hydrogen (secondary N) is 1. The molecule has 1 heterocycles. The number of hydrogen-bond acceptors (Lipinski definition) is 2. The van der Waals surface area contributed by atoms with E-state index in [1.54, 1.807) is 0 Å². The second-order valence-corrected chi connectivity index (χ2v) is 5.44. The van der Waals surface area contributed by atoms with Gasteiger partial charge in [0.15, 0.2) is 0 Å². The average molecular weight is 276 g/mol. The highest BCUT2D eigenvalue weighted by Gasteiger charge is 2.18. The van der Waals surface area contributed by atoms with E-state index >= 15 is 0 Å². The van der Waals surface area contributed by atoms with E-state index in [4.69, 9.17) is 0 Å². The van der Waals surface area contributed by atoms with Gasteiger partial charge in [0, 0.05) is 11.6 Å². The Morgan fingerprint density at radius 3 is 2.33 bits per heavy atom. The van der Waals surface area contributed by atoms with Gasteiger partial charge in [-0.3, -0.25) is 4.98 Å². The van der Waals surface area contributed by atoms with Crippen molar-refractivity contribution >= 4 is 10.9 Å². The molecule has 1 N–H and O–H groups in total. The van der Waals surface area contributed by atoms with Crippen LogP contribution in [0.4, 0.5) is 0 Å². The van der Waals surface area contributed by atoms with Crippen LogP contribution in [0.1, 0.15) is 28.3 Å². The summed E-state index contributed by atoms with van der Waals surface area (Å²) in [5.74, 6) is 0. The highest BCUT2D eigenvalue weighted by atomic mass is 14.9. The maximum absolute atomic E-state index is 4.47. The van der Waals surface area contributed by atoms with Crippen molar-refractivity contribution in [3.63, 3.8) is 0 Å². The van der Waals surface area contributed by atoms with Gasteiger partial charge in [0.05, 0.1) is 11.6 Å². The molecule has 0 spiro atoms. The number of pyridine rings is 1. The lowest BCUT2D eigenvalue weighted by Crippen LogP contribution is -2.20. The third-order valence-corrected chi connectivity index (χ3v) is 4.11. The molecular formula is C19H20N2. The first kappa shape index (κ1) is 13.8. The van der Waals surface area contributed by atoms with Crippen molar-refractivity contribution < 1.29 is 0 Å². The normalized spacial score (nSPS) is 12.5.